The van der Waals surface area contributed by atoms with Crippen LogP contribution in [-0.2, 0) is 16.1 Å². The number of rotatable bonds is 4. The number of aromatic nitrogens is 1. The number of thiazole rings is 1. The molecular formula is C12H13N3O4S. The third-order valence-electron chi connectivity index (χ3n) is 3.20. The Hall–Kier alpha value is -1.93. The van der Waals surface area contributed by atoms with E-state index >= 15 is 0 Å². The zero-order chi connectivity index (χ0) is 14.3. The number of amides is 2. The molecule has 20 heavy (non-hydrogen) atoms. The number of methoxy groups -OCH3 is 1. The van der Waals surface area contributed by atoms with E-state index in [4.69, 9.17) is 4.84 Å². The summed E-state index contributed by atoms with van der Waals surface area (Å²) in [5.74, 6) is -0.458. The summed E-state index contributed by atoms with van der Waals surface area (Å²) in [5.41, 5.74) is 0.740. The highest BCUT2D eigenvalue weighted by molar-refractivity contribution is 7.13. The lowest BCUT2D eigenvalue weighted by atomic mass is 10.1. The average Bonchev–Trinajstić information content (AvgIpc) is 2.99. The fraction of sp³-hybridized carbons (Fsp3) is 0.417. The number of carbonyl (C=O) groups excluding carboxylic acids is 2. The van der Waals surface area contributed by atoms with E-state index in [9.17, 15) is 9.59 Å². The van der Waals surface area contributed by atoms with E-state index in [0.717, 1.165) is 10.6 Å². The van der Waals surface area contributed by atoms with Crippen LogP contribution in [0.5, 0.6) is 0 Å². The van der Waals surface area contributed by atoms with Crippen LogP contribution >= 0.6 is 11.3 Å². The normalized spacial score (nSPS) is 20.1. The van der Waals surface area contributed by atoms with E-state index in [1.807, 2.05) is 0 Å². The average molecular weight is 295 g/mol. The Labute approximate surface area is 119 Å². The summed E-state index contributed by atoms with van der Waals surface area (Å²) in [4.78, 5) is 35.9. The first kappa shape index (κ1) is 13.1. The molecule has 3 heterocycles. The maximum absolute atomic E-state index is 12.1. The minimum absolute atomic E-state index is 0.179. The second kappa shape index (κ2) is 4.88. The fourth-order valence-electron chi connectivity index (χ4n) is 2.33. The molecule has 0 aromatic carbocycles. The van der Waals surface area contributed by atoms with Crippen LogP contribution in [0.4, 0.5) is 4.79 Å². The molecule has 1 unspecified atom stereocenters. The molecule has 106 valence electrons. The van der Waals surface area contributed by atoms with Gasteiger partial charge in [-0.15, -0.1) is 17.9 Å². The van der Waals surface area contributed by atoms with Gasteiger partial charge < -0.3 is 9.64 Å². The number of nitrogens with zero attached hydrogens (tertiary/aromatic N) is 3. The third-order valence-corrected chi connectivity index (χ3v) is 4.38. The number of hydrogen-bond acceptors (Lipinski definition) is 6. The summed E-state index contributed by atoms with van der Waals surface area (Å²) in [7, 11) is 1.32. The lowest BCUT2D eigenvalue weighted by Crippen LogP contribution is -2.30. The number of hydroxylamine groups is 2. The molecule has 2 aliphatic rings. The Morgan fingerprint density at radius 2 is 2.45 bits per heavy atom. The van der Waals surface area contributed by atoms with Crippen molar-refractivity contribution in [3.8, 4) is 0 Å². The minimum Gasteiger partial charge on any atom is -0.464 e. The monoisotopic (exact) mass is 295 g/mol. The molecule has 0 radical (unpaired) electrons. The van der Waals surface area contributed by atoms with Gasteiger partial charge in [-0.3, -0.25) is 4.84 Å². The van der Waals surface area contributed by atoms with Gasteiger partial charge in [0, 0.05) is 0 Å². The van der Waals surface area contributed by atoms with E-state index in [1.165, 1.54) is 23.5 Å². The van der Waals surface area contributed by atoms with Gasteiger partial charge in [-0.2, -0.15) is 5.06 Å². The van der Waals surface area contributed by atoms with Crippen LogP contribution in [0.25, 0.3) is 0 Å². The summed E-state index contributed by atoms with van der Waals surface area (Å²) >= 11 is 1.25. The molecule has 1 fully saturated rings. The maximum atomic E-state index is 12.1. The lowest BCUT2D eigenvalue weighted by molar-refractivity contribution is -0.118. The van der Waals surface area contributed by atoms with Gasteiger partial charge in [0.25, 0.3) is 0 Å². The first-order valence-electron chi connectivity index (χ1n) is 6.05. The minimum atomic E-state index is -0.458. The summed E-state index contributed by atoms with van der Waals surface area (Å²) in [6, 6.07) is -0.399. The van der Waals surface area contributed by atoms with Crippen molar-refractivity contribution in [1.29, 1.82) is 0 Å². The zero-order valence-corrected chi connectivity index (χ0v) is 11.7. The topological polar surface area (TPSA) is 72.0 Å². The van der Waals surface area contributed by atoms with Crippen molar-refractivity contribution in [2.75, 3.05) is 20.3 Å². The predicted molar refractivity (Wildman–Crippen MR) is 70.0 cm³/mol. The van der Waals surface area contributed by atoms with Gasteiger partial charge in [0.05, 0.1) is 37.4 Å². The van der Waals surface area contributed by atoms with Crippen molar-refractivity contribution < 1.29 is 19.2 Å². The third kappa shape index (κ3) is 1.88. The van der Waals surface area contributed by atoms with Gasteiger partial charge in [0.2, 0.25) is 5.01 Å². The van der Waals surface area contributed by atoms with Gasteiger partial charge >= 0.3 is 12.0 Å². The van der Waals surface area contributed by atoms with Crippen LogP contribution in [0.2, 0.25) is 0 Å². The number of hydrogen-bond donors (Lipinski definition) is 0. The van der Waals surface area contributed by atoms with E-state index in [2.05, 4.69) is 16.3 Å². The molecule has 2 aliphatic heterocycles. The van der Waals surface area contributed by atoms with Crippen LogP contribution in [0.15, 0.2) is 12.7 Å². The van der Waals surface area contributed by atoms with E-state index in [1.54, 1.807) is 11.0 Å². The molecule has 7 nitrogen and oxygen atoms in total. The van der Waals surface area contributed by atoms with Gasteiger partial charge in [-0.05, 0) is 0 Å². The predicted octanol–water partition coefficient (Wildman–Crippen LogP) is 1.34. The molecule has 3 rings (SSSR count). The van der Waals surface area contributed by atoms with Crippen molar-refractivity contribution in [3.05, 3.63) is 28.2 Å². The molecule has 2 bridgehead atoms. The number of ether oxygens (including phenoxy) is 1. The standard InChI is InChI=1S/C12H13N3O4S/c1-3-4-19-15-8-6-14(12(15)17)5-7-9(8)20-10(13-7)11(16)18-2/h3,8H,1,4-6H2,2H3. The van der Waals surface area contributed by atoms with Crippen LogP contribution in [-0.4, -0.2) is 47.2 Å². The van der Waals surface area contributed by atoms with Crippen molar-refractivity contribution in [3.63, 3.8) is 0 Å². The molecule has 0 spiro atoms. The van der Waals surface area contributed by atoms with Crippen LogP contribution < -0.4 is 0 Å². The smallest absolute Gasteiger partial charge is 0.367 e. The molecule has 1 aromatic heterocycles. The zero-order valence-electron chi connectivity index (χ0n) is 10.9. The number of esters is 1. The highest BCUT2D eigenvalue weighted by Crippen LogP contribution is 2.40. The molecule has 2 amide bonds. The number of carbonyl (C=O) groups is 2. The van der Waals surface area contributed by atoms with Crippen molar-refractivity contribution in [1.82, 2.24) is 14.9 Å². The Morgan fingerprint density at radius 3 is 3.15 bits per heavy atom. The Kier molecular flexibility index (Phi) is 3.19. The Morgan fingerprint density at radius 1 is 1.65 bits per heavy atom. The van der Waals surface area contributed by atoms with Crippen molar-refractivity contribution in [2.45, 2.75) is 12.6 Å². The molecule has 1 aromatic rings. The highest BCUT2D eigenvalue weighted by atomic mass is 32.1. The molecule has 8 heteroatoms. The molecule has 0 aliphatic carbocycles. The van der Waals surface area contributed by atoms with Gasteiger partial charge in [0.1, 0.15) is 6.04 Å². The fourth-order valence-corrected chi connectivity index (χ4v) is 3.39. The molecular weight excluding hydrogens is 282 g/mol. The SMILES string of the molecule is C=CCON1C(=O)N2Cc3nc(C(=O)OC)sc3C1C2. The van der Waals surface area contributed by atoms with E-state index in [-0.39, 0.29) is 18.7 Å². The molecule has 1 saturated heterocycles. The van der Waals surface area contributed by atoms with Gasteiger partial charge in [-0.1, -0.05) is 6.08 Å². The summed E-state index contributed by atoms with van der Waals surface area (Å²) in [5, 5.41) is 1.65. The van der Waals surface area contributed by atoms with Gasteiger partial charge in [-0.25, -0.2) is 14.6 Å². The van der Waals surface area contributed by atoms with Crippen molar-refractivity contribution >= 4 is 23.3 Å². The second-order valence-corrected chi connectivity index (χ2v) is 5.44. The largest absolute Gasteiger partial charge is 0.464 e. The first-order valence-corrected chi connectivity index (χ1v) is 6.87. The second-order valence-electron chi connectivity index (χ2n) is 4.41. The first-order chi connectivity index (χ1) is 9.65. The maximum Gasteiger partial charge on any atom is 0.367 e. The molecule has 0 saturated carbocycles. The highest BCUT2D eigenvalue weighted by Gasteiger charge is 2.46. The van der Waals surface area contributed by atoms with Crippen LogP contribution in [0, 0.1) is 0 Å². The summed E-state index contributed by atoms with van der Waals surface area (Å²) in [6.45, 7) is 4.77. The van der Waals surface area contributed by atoms with Crippen LogP contribution in [0.1, 0.15) is 26.4 Å². The molecule has 0 N–H and O–H groups in total. The quantitative estimate of drug-likeness (QED) is 0.619. The summed E-state index contributed by atoms with van der Waals surface area (Å²) < 4.78 is 4.68. The number of fused-ring (bicyclic) bond motifs is 4. The Balaban J connectivity index is 1.92. The van der Waals surface area contributed by atoms with Gasteiger partial charge in [0.15, 0.2) is 0 Å². The van der Waals surface area contributed by atoms with E-state index < -0.39 is 5.97 Å². The number of urea groups is 1. The molecule has 1 atom stereocenters. The van der Waals surface area contributed by atoms with Crippen molar-refractivity contribution in [2.24, 2.45) is 0 Å². The van der Waals surface area contributed by atoms with E-state index in [0.29, 0.717) is 18.1 Å². The van der Waals surface area contributed by atoms with Crippen LogP contribution in [0.3, 0.4) is 0 Å². The Bertz CT molecular complexity index is 585. The lowest BCUT2D eigenvalue weighted by Gasteiger charge is -2.21. The summed E-state index contributed by atoms with van der Waals surface area (Å²) in [6.07, 6.45) is 1.58.